The van der Waals surface area contributed by atoms with E-state index in [1.807, 2.05) is 56.0 Å². The Balaban J connectivity index is 1.81. The standard InChI is InChI=1S/C30H43N7O5S/c1-4-22(2)37(15-17-38)16-21-43(40,41)26-12-10-25(11-13-26)35-36-28-23(3)27(31)29(33-24-8-6-5-7-9-24)34-30(28)32-14-19-42-20-18-39/h5-13,22,38-39H,4,14-21,31H2,1-3H3,(H2,32,33,34)/b36-35+. The maximum atomic E-state index is 13.0. The maximum absolute atomic E-state index is 13.0. The minimum atomic E-state index is -3.53. The van der Waals surface area contributed by atoms with E-state index in [0.717, 1.165) is 12.1 Å². The van der Waals surface area contributed by atoms with Crippen molar-refractivity contribution in [3.05, 3.63) is 60.2 Å². The maximum Gasteiger partial charge on any atom is 0.179 e. The number of benzene rings is 2. The smallest absolute Gasteiger partial charge is 0.179 e. The van der Waals surface area contributed by atoms with Gasteiger partial charge in [0.25, 0.3) is 0 Å². The molecule has 43 heavy (non-hydrogen) atoms. The van der Waals surface area contributed by atoms with E-state index in [4.69, 9.17) is 15.6 Å². The lowest BCUT2D eigenvalue weighted by atomic mass is 10.2. The number of aliphatic hydroxyl groups is 2. The summed E-state index contributed by atoms with van der Waals surface area (Å²) < 4.78 is 31.3. The van der Waals surface area contributed by atoms with Gasteiger partial charge < -0.3 is 31.3 Å². The molecule has 0 spiro atoms. The Kier molecular flexibility index (Phi) is 13.3. The summed E-state index contributed by atoms with van der Waals surface area (Å²) >= 11 is 0. The molecule has 6 N–H and O–H groups in total. The molecular formula is C30H43N7O5S. The normalized spacial score (nSPS) is 12.6. The van der Waals surface area contributed by atoms with Crippen molar-refractivity contribution in [1.29, 1.82) is 0 Å². The van der Waals surface area contributed by atoms with E-state index in [1.54, 1.807) is 12.1 Å². The molecule has 0 aliphatic heterocycles. The molecule has 13 heteroatoms. The zero-order valence-electron chi connectivity index (χ0n) is 25.0. The molecule has 0 aliphatic carbocycles. The average Bonchev–Trinajstić information content (AvgIpc) is 3.01. The third kappa shape index (κ3) is 9.97. The third-order valence-electron chi connectivity index (χ3n) is 6.98. The van der Waals surface area contributed by atoms with Gasteiger partial charge in [-0.15, -0.1) is 5.11 Å². The number of aliphatic hydroxyl groups excluding tert-OH is 2. The van der Waals surface area contributed by atoms with Crippen molar-refractivity contribution in [3.63, 3.8) is 0 Å². The molecule has 0 saturated carbocycles. The highest BCUT2D eigenvalue weighted by molar-refractivity contribution is 7.91. The molecule has 0 radical (unpaired) electrons. The fourth-order valence-corrected chi connectivity index (χ4v) is 5.50. The van der Waals surface area contributed by atoms with Crippen LogP contribution in [-0.2, 0) is 14.6 Å². The van der Waals surface area contributed by atoms with Gasteiger partial charge in [0.15, 0.2) is 21.5 Å². The Morgan fingerprint density at radius 1 is 1.00 bits per heavy atom. The summed E-state index contributed by atoms with van der Waals surface area (Å²) in [5.41, 5.74) is 9.22. The number of nitrogens with one attached hydrogen (secondary N) is 2. The summed E-state index contributed by atoms with van der Waals surface area (Å²) in [5.74, 6) is 0.847. The number of azo groups is 1. The summed E-state index contributed by atoms with van der Waals surface area (Å²) in [7, 11) is -3.53. The minimum absolute atomic E-state index is 0.0221. The van der Waals surface area contributed by atoms with Gasteiger partial charge in [-0.1, -0.05) is 25.1 Å². The lowest BCUT2D eigenvalue weighted by Crippen LogP contribution is -2.38. The largest absolute Gasteiger partial charge is 0.395 e. The molecule has 0 fully saturated rings. The monoisotopic (exact) mass is 613 g/mol. The van der Waals surface area contributed by atoms with Crippen molar-refractivity contribution < 1.29 is 23.4 Å². The second kappa shape index (κ2) is 16.9. The van der Waals surface area contributed by atoms with E-state index >= 15 is 0 Å². The molecule has 0 aliphatic rings. The number of sulfone groups is 1. The SMILES string of the molecule is CCC(C)N(CCO)CCS(=O)(=O)c1ccc(/N=N/c2c(NCCOCCO)nc(Nc3ccccc3)c(N)c2C)cc1. The number of anilines is 4. The lowest BCUT2D eigenvalue weighted by molar-refractivity contribution is 0.0992. The summed E-state index contributed by atoms with van der Waals surface area (Å²) in [6.07, 6.45) is 0.862. The predicted molar refractivity (Wildman–Crippen MR) is 171 cm³/mol. The van der Waals surface area contributed by atoms with Crippen molar-refractivity contribution in [3.8, 4) is 0 Å². The Morgan fingerprint density at radius 2 is 1.72 bits per heavy atom. The van der Waals surface area contributed by atoms with Crippen molar-refractivity contribution >= 4 is 44.2 Å². The van der Waals surface area contributed by atoms with Crippen LogP contribution >= 0.6 is 0 Å². The Morgan fingerprint density at radius 3 is 2.37 bits per heavy atom. The molecule has 1 aromatic heterocycles. The van der Waals surface area contributed by atoms with Crippen LogP contribution in [0, 0.1) is 6.92 Å². The molecule has 0 bridgehead atoms. The van der Waals surface area contributed by atoms with E-state index in [2.05, 4.69) is 25.8 Å². The second-order valence-electron chi connectivity index (χ2n) is 9.98. The number of para-hydroxylation sites is 1. The molecule has 234 valence electrons. The Hall–Kier alpha value is -3.62. The van der Waals surface area contributed by atoms with Gasteiger partial charge in [0.1, 0.15) is 5.69 Å². The van der Waals surface area contributed by atoms with Crippen molar-refractivity contribution in [1.82, 2.24) is 9.88 Å². The fraction of sp³-hybridized carbons (Fsp3) is 0.433. The molecule has 1 unspecified atom stereocenters. The molecule has 1 atom stereocenters. The van der Waals surface area contributed by atoms with E-state index < -0.39 is 9.84 Å². The topological polar surface area (TPSA) is 175 Å². The van der Waals surface area contributed by atoms with Gasteiger partial charge in [-0.2, -0.15) is 5.11 Å². The molecule has 12 nitrogen and oxygen atoms in total. The zero-order chi connectivity index (χ0) is 31.2. The van der Waals surface area contributed by atoms with Crippen LogP contribution in [0.1, 0.15) is 25.8 Å². The van der Waals surface area contributed by atoms with Gasteiger partial charge in [-0.3, -0.25) is 4.90 Å². The molecular weight excluding hydrogens is 570 g/mol. The minimum Gasteiger partial charge on any atom is -0.395 e. The number of nitrogen functional groups attached to an aromatic ring is 1. The van der Waals surface area contributed by atoms with Crippen LogP contribution in [0.25, 0.3) is 0 Å². The van der Waals surface area contributed by atoms with E-state index in [0.29, 0.717) is 60.5 Å². The number of rotatable bonds is 18. The highest BCUT2D eigenvalue weighted by atomic mass is 32.2. The average molecular weight is 614 g/mol. The van der Waals surface area contributed by atoms with Crippen LogP contribution < -0.4 is 16.4 Å². The number of aromatic nitrogens is 1. The summed E-state index contributed by atoms with van der Waals surface area (Å²) in [5, 5.41) is 33.5. The number of nitrogens with two attached hydrogens (primary N) is 1. The first kappa shape index (κ1) is 33.9. The van der Waals surface area contributed by atoms with Gasteiger partial charge in [-0.05, 0) is 56.7 Å². The summed E-state index contributed by atoms with van der Waals surface area (Å²) in [6, 6.07) is 15.9. The Bertz CT molecular complexity index is 1420. The van der Waals surface area contributed by atoms with Crippen LogP contribution in [-0.4, -0.2) is 86.4 Å². The first-order valence-electron chi connectivity index (χ1n) is 14.3. The van der Waals surface area contributed by atoms with Crippen LogP contribution in [0.5, 0.6) is 0 Å². The molecule has 3 aromatic rings. The Labute approximate surface area is 253 Å². The number of hydrogen-bond donors (Lipinski definition) is 5. The highest BCUT2D eigenvalue weighted by Gasteiger charge is 2.19. The molecule has 1 heterocycles. The summed E-state index contributed by atoms with van der Waals surface area (Å²) in [4.78, 5) is 6.84. The van der Waals surface area contributed by atoms with E-state index in [9.17, 15) is 13.5 Å². The second-order valence-corrected chi connectivity index (χ2v) is 12.1. The molecule has 0 saturated heterocycles. The number of nitrogens with zero attached hydrogens (tertiary/aromatic N) is 4. The van der Waals surface area contributed by atoms with Crippen molar-refractivity contribution in [2.75, 3.05) is 68.2 Å². The molecule has 3 rings (SSSR count). The van der Waals surface area contributed by atoms with Crippen LogP contribution in [0.2, 0.25) is 0 Å². The van der Waals surface area contributed by atoms with Crippen molar-refractivity contribution in [2.24, 2.45) is 10.2 Å². The van der Waals surface area contributed by atoms with Gasteiger partial charge in [0, 0.05) is 36.9 Å². The number of ether oxygens (including phenoxy) is 1. The van der Waals surface area contributed by atoms with Gasteiger partial charge >= 0.3 is 0 Å². The van der Waals surface area contributed by atoms with E-state index in [-0.39, 0.29) is 36.5 Å². The van der Waals surface area contributed by atoms with Crippen LogP contribution in [0.3, 0.4) is 0 Å². The first-order chi connectivity index (χ1) is 20.7. The van der Waals surface area contributed by atoms with Crippen LogP contribution in [0.15, 0.2) is 69.7 Å². The van der Waals surface area contributed by atoms with Gasteiger partial charge in [0.2, 0.25) is 0 Å². The van der Waals surface area contributed by atoms with E-state index in [1.165, 1.54) is 12.1 Å². The molecule has 2 aromatic carbocycles. The van der Waals surface area contributed by atoms with Gasteiger partial charge in [0.05, 0.1) is 48.5 Å². The van der Waals surface area contributed by atoms with Gasteiger partial charge in [-0.25, -0.2) is 13.4 Å². The zero-order valence-corrected chi connectivity index (χ0v) is 25.8. The van der Waals surface area contributed by atoms with Crippen LogP contribution in [0.4, 0.5) is 34.4 Å². The fourth-order valence-electron chi connectivity index (χ4n) is 4.24. The quantitative estimate of drug-likeness (QED) is 0.102. The third-order valence-corrected chi connectivity index (χ3v) is 8.69. The highest BCUT2D eigenvalue weighted by Crippen LogP contribution is 2.37. The molecule has 0 amide bonds. The first-order valence-corrected chi connectivity index (χ1v) is 16.0. The summed E-state index contributed by atoms with van der Waals surface area (Å²) in [6.45, 7) is 7.53. The predicted octanol–water partition coefficient (Wildman–Crippen LogP) is 4.42. The number of pyridine rings is 1. The lowest BCUT2D eigenvalue weighted by Gasteiger charge is -2.27. The van der Waals surface area contributed by atoms with Crippen molar-refractivity contribution in [2.45, 2.75) is 38.1 Å². The number of hydrogen-bond acceptors (Lipinski definition) is 12.